The molecular weight excluding hydrogens is 236 g/mol. The summed E-state index contributed by atoms with van der Waals surface area (Å²) >= 11 is 5.84. The van der Waals surface area contributed by atoms with Gasteiger partial charge in [-0.3, -0.25) is 0 Å². The fourth-order valence-corrected chi connectivity index (χ4v) is 1.75. The number of aryl methyl sites for hydroxylation is 2. The molecule has 0 saturated carbocycles. The van der Waals surface area contributed by atoms with Crippen LogP contribution in [0.4, 0.5) is 17.2 Å². The van der Waals surface area contributed by atoms with Crippen molar-refractivity contribution in [3.8, 4) is 0 Å². The van der Waals surface area contributed by atoms with E-state index in [2.05, 4.69) is 10.4 Å². The van der Waals surface area contributed by atoms with Gasteiger partial charge >= 0.3 is 0 Å². The van der Waals surface area contributed by atoms with Crippen LogP contribution in [-0.4, -0.2) is 9.78 Å². The van der Waals surface area contributed by atoms with Crippen LogP contribution in [0.3, 0.4) is 0 Å². The van der Waals surface area contributed by atoms with E-state index < -0.39 is 0 Å². The molecule has 0 fully saturated rings. The van der Waals surface area contributed by atoms with E-state index in [1.807, 2.05) is 42.8 Å². The molecule has 17 heavy (non-hydrogen) atoms. The van der Waals surface area contributed by atoms with Gasteiger partial charge in [-0.15, -0.1) is 0 Å². The third-order valence-corrected chi connectivity index (χ3v) is 2.83. The smallest absolute Gasteiger partial charge is 0.152 e. The van der Waals surface area contributed by atoms with Crippen molar-refractivity contribution in [3.63, 3.8) is 0 Å². The van der Waals surface area contributed by atoms with Gasteiger partial charge < -0.3 is 11.1 Å². The van der Waals surface area contributed by atoms with Crippen molar-refractivity contribution in [1.82, 2.24) is 9.78 Å². The Balaban J connectivity index is 2.32. The van der Waals surface area contributed by atoms with E-state index in [9.17, 15) is 0 Å². The number of hydrogen-bond acceptors (Lipinski definition) is 3. The largest absolute Gasteiger partial charge is 0.394 e. The molecule has 2 aromatic rings. The standard InChI is InChI=1S/C12H15ClN4/c1-3-17-12(11(14)8(2)16-17)15-10-6-4-9(13)5-7-10/h4-7,15H,3,14H2,1-2H3. The Morgan fingerprint density at radius 2 is 2.00 bits per heavy atom. The molecule has 2 rings (SSSR count). The van der Waals surface area contributed by atoms with Crippen LogP contribution in [0.2, 0.25) is 5.02 Å². The lowest BCUT2D eigenvalue weighted by Gasteiger charge is -2.09. The van der Waals surface area contributed by atoms with Crippen LogP contribution in [0.5, 0.6) is 0 Å². The van der Waals surface area contributed by atoms with Gasteiger partial charge in [0.25, 0.3) is 0 Å². The Hall–Kier alpha value is -1.68. The lowest BCUT2D eigenvalue weighted by atomic mass is 10.3. The van der Waals surface area contributed by atoms with E-state index in [1.54, 1.807) is 0 Å². The molecule has 4 nitrogen and oxygen atoms in total. The van der Waals surface area contributed by atoms with Gasteiger partial charge in [0.1, 0.15) is 0 Å². The van der Waals surface area contributed by atoms with Crippen LogP contribution < -0.4 is 11.1 Å². The zero-order valence-electron chi connectivity index (χ0n) is 9.87. The molecule has 0 radical (unpaired) electrons. The van der Waals surface area contributed by atoms with Gasteiger partial charge in [-0.1, -0.05) is 11.6 Å². The first-order chi connectivity index (χ1) is 8.11. The van der Waals surface area contributed by atoms with Crippen LogP contribution in [0.15, 0.2) is 24.3 Å². The third kappa shape index (κ3) is 2.36. The first-order valence-electron chi connectivity index (χ1n) is 5.47. The summed E-state index contributed by atoms with van der Waals surface area (Å²) in [7, 11) is 0. The predicted octanol–water partition coefficient (Wildman–Crippen LogP) is 3.19. The van der Waals surface area contributed by atoms with Crippen molar-refractivity contribution < 1.29 is 0 Å². The van der Waals surface area contributed by atoms with E-state index in [-0.39, 0.29) is 0 Å². The lowest BCUT2D eigenvalue weighted by Crippen LogP contribution is -2.04. The number of halogens is 1. The van der Waals surface area contributed by atoms with Gasteiger partial charge in [-0.25, -0.2) is 4.68 Å². The first kappa shape index (κ1) is 11.8. The van der Waals surface area contributed by atoms with Gasteiger partial charge in [0.15, 0.2) is 5.82 Å². The second kappa shape index (κ2) is 4.67. The molecule has 0 spiro atoms. The molecule has 0 aliphatic carbocycles. The fraction of sp³-hybridized carbons (Fsp3) is 0.250. The Morgan fingerprint density at radius 3 is 2.59 bits per heavy atom. The molecule has 0 amide bonds. The summed E-state index contributed by atoms with van der Waals surface area (Å²) in [6.45, 7) is 4.70. The number of nitrogens with one attached hydrogen (secondary N) is 1. The summed E-state index contributed by atoms with van der Waals surface area (Å²) in [5.41, 5.74) is 8.44. The van der Waals surface area contributed by atoms with Crippen molar-refractivity contribution in [1.29, 1.82) is 0 Å². The molecule has 1 aromatic heterocycles. The first-order valence-corrected chi connectivity index (χ1v) is 5.85. The average Bonchev–Trinajstić information content (AvgIpc) is 2.59. The van der Waals surface area contributed by atoms with Gasteiger partial charge in [-0.05, 0) is 38.1 Å². The summed E-state index contributed by atoms with van der Waals surface area (Å²) in [6.07, 6.45) is 0. The molecule has 0 atom stereocenters. The minimum atomic E-state index is 0.682. The SMILES string of the molecule is CCn1nc(C)c(N)c1Nc1ccc(Cl)cc1. The van der Waals surface area contributed by atoms with Gasteiger partial charge in [0, 0.05) is 17.3 Å². The number of nitrogen functional groups attached to an aromatic ring is 1. The van der Waals surface area contributed by atoms with E-state index in [1.165, 1.54) is 0 Å². The van der Waals surface area contributed by atoms with Gasteiger partial charge in [0.2, 0.25) is 0 Å². The van der Waals surface area contributed by atoms with Crippen molar-refractivity contribution in [2.24, 2.45) is 0 Å². The van der Waals surface area contributed by atoms with Gasteiger partial charge in [-0.2, -0.15) is 5.10 Å². The number of nitrogens with zero attached hydrogens (tertiary/aromatic N) is 2. The van der Waals surface area contributed by atoms with Crippen molar-refractivity contribution >= 4 is 28.8 Å². The van der Waals surface area contributed by atoms with E-state index >= 15 is 0 Å². The third-order valence-electron chi connectivity index (χ3n) is 2.58. The normalized spacial score (nSPS) is 10.5. The van der Waals surface area contributed by atoms with Crippen LogP contribution in [0, 0.1) is 6.92 Å². The maximum atomic E-state index is 5.98. The molecule has 5 heteroatoms. The lowest BCUT2D eigenvalue weighted by molar-refractivity contribution is 0.661. The maximum Gasteiger partial charge on any atom is 0.152 e. The highest BCUT2D eigenvalue weighted by Gasteiger charge is 2.11. The minimum Gasteiger partial charge on any atom is -0.394 e. The highest BCUT2D eigenvalue weighted by molar-refractivity contribution is 6.30. The number of rotatable bonds is 3. The van der Waals surface area contributed by atoms with Crippen LogP contribution >= 0.6 is 11.6 Å². The summed E-state index contributed by atoms with van der Waals surface area (Å²) in [5, 5.41) is 8.31. The number of benzene rings is 1. The second-order valence-electron chi connectivity index (χ2n) is 3.80. The summed E-state index contributed by atoms with van der Waals surface area (Å²) in [5.74, 6) is 0.826. The maximum absolute atomic E-state index is 5.98. The topological polar surface area (TPSA) is 55.9 Å². The highest BCUT2D eigenvalue weighted by Crippen LogP contribution is 2.26. The molecule has 0 unspecified atom stereocenters. The Labute approximate surface area is 105 Å². The quantitative estimate of drug-likeness (QED) is 0.880. The summed E-state index contributed by atoms with van der Waals surface area (Å²) < 4.78 is 1.85. The summed E-state index contributed by atoms with van der Waals surface area (Å²) in [4.78, 5) is 0. The molecule has 3 N–H and O–H groups in total. The number of hydrogen-bond donors (Lipinski definition) is 2. The highest BCUT2D eigenvalue weighted by atomic mass is 35.5. The Bertz CT molecular complexity index is 516. The van der Waals surface area contributed by atoms with E-state index in [0.717, 1.165) is 23.7 Å². The molecule has 0 saturated heterocycles. The van der Waals surface area contributed by atoms with E-state index in [4.69, 9.17) is 17.3 Å². The Kier molecular flexibility index (Phi) is 3.24. The van der Waals surface area contributed by atoms with Crippen LogP contribution in [0.25, 0.3) is 0 Å². The second-order valence-corrected chi connectivity index (χ2v) is 4.23. The summed E-state index contributed by atoms with van der Waals surface area (Å²) in [6, 6.07) is 7.48. The minimum absolute atomic E-state index is 0.682. The van der Waals surface area contributed by atoms with E-state index in [0.29, 0.717) is 10.7 Å². The molecule has 90 valence electrons. The van der Waals surface area contributed by atoms with Crippen LogP contribution in [-0.2, 0) is 6.54 Å². The molecule has 0 aliphatic heterocycles. The monoisotopic (exact) mass is 250 g/mol. The fourth-order valence-electron chi connectivity index (χ4n) is 1.63. The van der Waals surface area contributed by atoms with Crippen molar-refractivity contribution in [2.75, 3.05) is 11.1 Å². The Morgan fingerprint density at radius 1 is 1.35 bits per heavy atom. The molecular formula is C12H15ClN4. The predicted molar refractivity (Wildman–Crippen MR) is 71.8 cm³/mol. The molecule has 0 bridgehead atoms. The molecule has 1 aromatic carbocycles. The molecule has 0 aliphatic rings. The van der Waals surface area contributed by atoms with Crippen molar-refractivity contribution in [3.05, 3.63) is 35.0 Å². The number of anilines is 3. The number of aromatic nitrogens is 2. The molecule has 1 heterocycles. The average molecular weight is 251 g/mol. The zero-order chi connectivity index (χ0) is 12.4. The zero-order valence-corrected chi connectivity index (χ0v) is 10.6. The van der Waals surface area contributed by atoms with Crippen LogP contribution in [0.1, 0.15) is 12.6 Å². The number of nitrogens with two attached hydrogens (primary N) is 1. The van der Waals surface area contributed by atoms with Crippen molar-refractivity contribution in [2.45, 2.75) is 20.4 Å². The van der Waals surface area contributed by atoms with Gasteiger partial charge in [0.05, 0.1) is 11.4 Å².